The van der Waals surface area contributed by atoms with E-state index in [0.29, 0.717) is 61.7 Å². The number of methoxy groups -OCH3 is 1. The Balaban J connectivity index is 0.00000180. The summed E-state index contributed by atoms with van der Waals surface area (Å²) in [6.07, 6.45) is 2.02. The van der Waals surface area contributed by atoms with Gasteiger partial charge in [0.05, 0.1) is 30.4 Å². The molecule has 2 N–H and O–H groups in total. The maximum absolute atomic E-state index is 14.6. The number of fused-ring (bicyclic) bond motifs is 2. The van der Waals surface area contributed by atoms with E-state index in [0.717, 1.165) is 30.0 Å². The van der Waals surface area contributed by atoms with Crippen LogP contribution < -0.4 is 19.5 Å². The number of benzene rings is 1. The van der Waals surface area contributed by atoms with E-state index in [2.05, 4.69) is 20.2 Å². The number of nitrogens with one attached hydrogen (secondary N) is 1. The quantitative estimate of drug-likeness (QED) is 0.472. The van der Waals surface area contributed by atoms with E-state index in [-0.39, 0.29) is 36.7 Å². The van der Waals surface area contributed by atoms with Crippen LogP contribution in [0.25, 0.3) is 11.0 Å². The zero-order chi connectivity index (χ0) is 23.5. The van der Waals surface area contributed by atoms with E-state index in [1.54, 1.807) is 12.1 Å². The number of aliphatic hydroxyl groups is 1. The molecule has 0 radical (unpaired) electrons. The van der Waals surface area contributed by atoms with Crippen LogP contribution in [-0.2, 0) is 13.0 Å². The molecular weight excluding hydrogens is 510 g/mol. The Hall–Kier alpha value is -2.43. The number of piperidine rings is 1. The number of hydrogen-bond acceptors (Lipinski definition) is 8. The van der Waals surface area contributed by atoms with Gasteiger partial charge in [0.2, 0.25) is 5.88 Å². The van der Waals surface area contributed by atoms with Crippen molar-refractivity contribution in [3.8, 4) is 17.4 Å². The summed E-state index contributed by atoms with van der Waals surface area (Å²) < 4.78 is 31.0. The molecule has 0 unspecified atom stereocenters. The lowest BCUT2D eigenvalue weighted by Crippen LogP contribution is -2.52. The largest absolute Gasteiger partial charge is 0.486 e. The minimum atomic E-state index is -0.511. The maximum atomic E-state index is 14.6. The summed E-state index contributed by atoms with van der Waals surface area (Å²) in [7, 11) is 1.54. The molecule has 2 aliphatic rings. The Morgan fingerprint density at radius 2 is 1.97 bits per heavy atom. The van der Waals surface area contributed by atoms with E-state index < -0.39 is 6.10 Å². The van der Waals surface area contributed by atoms with Crippen molar-refractivity contribution in [3.05, 3.63) is 53.5 Å². The van der Waals surface area contributed by atoms with E-state index in [9.17, 15) is 9.50 Å². The molecule has 2 aromatic heterocycles. The van der Waals surface area contributed by atoms with Gasteiger partial charge in [-0.3, -0.25) is 4.98 Å². The standard InChI is InChI=1S/C25H29FN4O4.2ClH/c1-32-24-5-3-20-25(29-24)17(18(26)14-28-20)6-8-30-9-7-19(21(31)15-30)27-13-16-2-4-22-23(12-16)34-11-10-33-22;;/h2-5,12,14,19,21,27,31H,6-11,13,15H2,1H3;2*1H/t19-,21-;;/m0../s1. The van der Waals surface area contributed by atoms with Crippen LogP contribution in [0.3, 0.4) is 0 Å². The van der Waals surface area contributed by atoms with Gasteiger partial charge >= 0.3 is 0 Å². The van der Waals surface area contributed by atoms with Gasteiger partial charge in [-0.25, -0.2) is 9.37 Å². The van der Waals surface area contributed by atoms with Crippen LogP contribution >= 0.6 is 24.8 Å². The van der Waals surface area contributed by atoms with Gasteiger partial charge < -0.3 is 29.5 Å². The Bertz CT molecular complexity index is 1170. The highest BCUT2D eigenvalue weighted by Crippen LogP contribution is 2.31. The highest BCUT2D eigenvalue weighted by molar-refractivity contribution is 5.85. The van der Waals surface area contributed by atoms with Gasteiger partial charge in [0.1, 0.15) is 19.0 Å². The van der Waals surface area contributed by atoms with Gasteiger partial charge in [0.15, 0.2) is 11.5 Å². The Morgan fingerprint density at radius 1 is 1.17 bits per heavy atom. The average molecular weight is 541 g/mol. The number of rotatable bonds is 7. The van der Waals surface area contributed by atoms with Crippen LogP contribution in [0.5, 0.6) is 17.4 Å². The summed E-state index contributed by atoms with van der Waals surface area (Å²) in [6, 6.07) is 9.42. The number of halogens is 3. The maximum Gasteiger partial charge on any atom is 0.213 e. The number of aliphatic hydroxyl groups excluding tert-OH is 1. The van der Waals surface area contributed by atoms with Crippen molar-refractivity contribution in [3.63, 3.8) is 0 Å². The molecule has 8 nitrogen and oxygen atoms in total. The van der Waals surface area contributed by atoms with Crippen molar-refractivity contribution in [2.75, 3.05) is 40.0 Å². The molecule has 1 aromatic carbocycles. The number of β-amino-alcohol motifs (C(OH)–C–C–N with tert-alkyl or cyclic N) is 1. The first-order valence-corrected chi connectivity index (χ1v) is 11.6. The van der Waals surface area contributed by atoms with Crippen molar-refractivity contribution >= 4 is 35.8 Å². The molecule has 36 heavy (non-hydrogen) atoms. The lowest BCUT2D eigenvalue weighted by molar-refractivity contribution is 0.0404. The molecule has 2 atom stereocenters. The van der Waals surface area contributed by atoms with Gasteiger partial charge in [-0.1, -0.05) is 6.07 Å². The number of aromatic nitrogens is 2. The number of pyridine rings is 2. The Morgan fingerprint density at radius 3 is 2.75 bits per heavy atom. The number of nitrogens with zero attached hydrogens (tertiary/aromatic N) is 3. The van der Waals surface area contributed by atoms with E-state index in [1.165, 1.54) is 13.3 Å². The molecule has 196 valence electrons. The first kappa shape index (κ1) is 28.1. The predicted molar refractivity (Wildman–Crippen MR) is 139 cm³/mol. The molecular formula is C25H31Cl2FN4O4. The summed E-state index contributed by atoms with van der Waals surface area (Å²) in [5.74, 6) is 1.60. The fourth-order valence-electron chi connectivity index (χ4n) is 4.58. The fraction of sp³-hybridized carbons (Fsp3) is 0.440. The highest BCUT2D eigenvalue weighted by atomic mass is 35.5. The third kappa shape index (κ3) is 6.27. The van der Waals surface area contributed by atoms with Crippen LogP contribution in [0.4, 0.5) is 4.39 Å². The van der Waals surface area contributed by atoms with Crippen molar-refractivity contribution in [2.45, 2.75) is 31.5 Å². The first-order chi connectivity index (χ1) is 16.6. The molecule has 0 bridgehead atoms. The van der Waals surface area contributed by atoms with Crippen LogP contribution in [0.1, 0.15) is 17.5 Å². The lowest BCUT2D eigenvalue weighted by Gasteiger charge is -2.36. The van der Waals surface area contributed by atoms with Crippen LogP contribution in [-0.4, -0.2) is 72.1 Å². The molecule has 1 saturated heterocycles. The second kappa shape index (κ2) is 12.7. The van der Waals surface area contributed by atoms with E-state index in [4.69, 9.17) is 14.2 Å². The second-order valence-corrected chi connectivity index (χ2v) is 8.68. The molecule has 11 heteroatoms. The zero-order valence-corrected chi connectivity index (χ0v) is 21.6. The van der Waals surface area contributed by atoms with Gasteiger partial charge in [0, 0.05) is 37.3 Å². The molecule has 0 aliphatic carbocycles. The van der Waals surface area contributed by atoms with E-state index >= 15 is 0 Å². The molecule has 1 fully saturated rings. The monoisotopic (exact) mass is 540 g/mol. The molecule has 5 rings (SSSR count). The van der Waals surface area contributed by atoms with Gasteiger partial charge in [-0.2, -0.15) is 0 Å². The molecule has 2 aliphatic heterocycles. The Kier molecular flexibility index (Phi) is 9.92. The summed E-state index contributed by atoms with van der Waals surface area (Å²) in [4.78, 5) is 10.7. The third-order valence-corrected chi connectivity index (χ3v) is 6.47. The summed E-state index contributed by atoms with van der Waals surface area (Å²) >= 11 is 0. The van der Waals surface area contributed by atoms with Crippen molar-refractivity contribution in [1.82, 2.24) is 20.2 Å². The molecule has 0 amide bonds. The average Bonchev–Trinajstić information content (AvgIpc) is 2.87. The first-order valence-electron chi connectivity index (χ1n) is 11.6. The summed E-state index contributed by atoms with van der Waals surface area (Å²) in [5.41, 5.74) is 2.77. The normalized spacial score (nSPS) is 19.3. The number of hydrogen-bond donors (Lipinski definition) is 2. The minimum absolute atomic E-state index is 0. The predicted octanol–water partition coefficient (Wildman–Crippen LogP) is 3.16. The van der Waals surface area contributed by atoms with E-state index in [1.807, 2.05) is 18.2 Å². The highest BCUT2D eigenvalue weighted by Gasteiger charge is 2.27. The van der Waals surface area contributed by atoms with Crippen LogP contribution in [0.15, 0.2) is 36.5 Å². The fourth-order valence-corrected chi connectivity index (χ4v) is 4.58. The van der Waals surface area contributed by atoms with Crippen molar-refractivity contribution in [1.29, 1.82) is 0 Å². The molecule has 0 spiro atoms. The van der Waals surface area contributed by atoms with Gasteiger partial charge in [-0.15, -0.1) is 24.8 Å². The topological polar surface area (TPSA) is 89.0 Å². The zero-order valence-electron chi connectivity index (χ0n) is 20.0. The second-order valence-electron chi connectivity index (χ2n) is 8.68. The van der Waals surface area contributed by atoms with Gasteiger partial charge in [-0.05, 0) is 43.1 Å². The Labute approximate surface area is 222 Å². The minimum Gasteiger partial charge on any atom is -0.486 e. The van der Waals surface area contributed by atoms with Crippen molar-refractivity contribution in [2.24, 2.45) is 0 Å². The number of likely N-dealkylation sites (tertiary alicyclic amines) is 1. The molecule has 4 heterocycles. The lowest BCUT2D eigenvalue weighted by atomic mass is 10.0. The summed E-state index contributed by atoms with van der Waals surface area (Å²) in [5, 5.41) is 14.2. The third-order valence-electron chi connectivity index (χ3n) is 6.47. The molecule has 3 aromatic rings. The van der Waals surface area contributed by atoms with Gasteiger partial charge in [0.25, 0.3) is 0 Å². The van der Waals surface area contributed by atoms with Crippen LogP contribution in [0.2, 0.25) is 0 Å². The SMILES string of the molecule is COc1ccc2ncc(F)c(CCN3CC[C@H](NCc4ccc5c(c4)OCCO5)[C@@H](O)C3)c2n1.Cl.Cl. The smallest absolute Gasteiger partial charge is 0.213 e. The van der Waals surface area contributed by atoms with Crippen LogP contribution in [0, 0.1) is 5.82 Å². The molecule has 0 saturated carbocycles. The number of ether oxygens (including phenoxy) is 3. The summed E-state index contributed by atoms with van der Waals surface area (Å²) in [6.45, 7) is 3.74. The van der Waals surface area contributed by atoms with Crippen molar-refractivity contribution < 1.29 is 23.7 Å².